The molecule has 0 aromatic rings. The van der Waals surface area contributed by atoms with Gasteiger partial charge >= 0.3 is 18.2 Å². The summed E-state index contributed by atoms with van der Waals surface area (Å²) >= 11 is 0. The molecular formula is C65H72N4O7. The van der Waals surface area contributed by atoms with Crippen LogP contribution >= 0.6 is 0 Å². The monoisotopic (exact) mass is 1020 g/mol. The average molecular weight is 1020 g/mol. The maximum Gasteiger partial charge on any atom is 0.410 e. The largest absolute Gasteiger partial charge is 0.481 e. The SMILES string of the molecule is C#CC#CC#CC#CC#CC#CC#CC#CC#CC#CC#CC#CC#C.C1CCC(CN2CCCC2)C1.C1CCCC1.CC(C)(C)OC(=O)N1CC[C@@H](C(=O)N2CCCC2)C1.CC(C)(C)OC(=O)N1CC[C@@H](C(=O)O)C1. The molecule has 6 aliphatic rings. The van der Waals surface area contributed by atoms with E-state index < -0.39 is 29.2 Å². The molecule has 6 fully saturated rings. The van der Waals surface area contributed by atoms with Crippen LogP contribution < -0.4 is 0 Å². The van der Waals surface area contributed by atoms with E-state index in [1.807, 2.05) is 25.7 Å². The molecule has 76 heavy (non-hydrogen) atoms. The summed E-state index contributed by atoms with van der Waals surface area (Å²) in [5.74, 6) is 58.1. The lowest BCUT2D eigenvalue weighted by molar-refractivity contribution is -0.141. The van der Waals surface area contributed by atoms with Gasteiger partial charge in [0.25, 0.3) is 0 Å². The second-order valence-corrected chi connectivity index (χ2v) is 20.2. The number of ether oxygens (including phenoxy) is 2. The van der Waals surface area contributed by atoms with Crippen molar-refractivity contribution in [1.29, 1.82) is 0 Å². The molecule has 11 nitrogen and oxygen atoms in total. The third-order valence-corrected chi connectivity index (χ3v) is 11.7. The number of rotatable bonds is 4. The molecule has 0 aromatic heterocycles. The second-order valence-electron chi connectivity index (χ2n) is 20.2. The number of terminal acetylenes is 2. The number of aliphatic carboxylic acids is 1. The van der Waals surface area contributed by atoms with Gasteiger partial charge in [-0.05, 0) is 207 Å². The molecule has 6 rings (SSSR count). The molecule has 4 saturated heterocycles. The first-order valence-electron chi connectivity index (χ1n) is 26.1. The van der Waals surface area contributed by atoms with E-state index in [4.69, 9.17) is 27.4 Å². The van der Waals surface area contributed by atoms with Crippen LogP contribution in [-0.4, -0.2) is 119 Å². The molecule has 394 valence electrons. The lowest BCUT2D eigenvalue weighted by Gasteiger charge is -2.25. The van der Waals surface area contributed by atoms with Crippen LogP contribution in [0.25, 0.3) is 0 Å². The van der Waals surface area contributed by atoms with E-state index in [0.29, 0.717) is 26.1 Å². The zero-order valence-corrected chi connectivity index (χ0v) is 45.5. The molecule has 4 aliphatic heterocycles. The standard InChI is InChI=1S/C26H2.C14H24N2O3.C10H17NO4.C10H19N.C5H10/c1-3-5-7-9-11-13-15-17-19-21-23-25-26-24-22-20-18-16-14-12-10-8-6-4-2;1-14(2,3)19-13(18)16-9-6-11(10-16)12(17)15-7-4-5-8-15;1-10(2,3)15-9(14)11-5-4-7(6-11)8(12)13;1-2-6-10(5-1)9-11-7-3-4-8-11;1-2-4-5-3-1/h1-2H;11H,4-10H2,1-3H3;7H,4-6H2,1-3H3,(H,12,13);10H,1-9H2;1-5H2/t;11-;7-;;/m.11../s1. The summed E-state index contributed by atoms with van der Waals surface area (Å²) in [5.41, 5.74) is -1.01. The van der Waals surface area contributed by atoms with Crippen LogP contribution in [0.1, 0.15) is 138 Å². The minimum atomic E-state index is -0.846. The van der Waals surface area contributed by atoms with Crippen molar-refractivity contribution in [2.75, 3.05) is 58.9 Å². The molecule has 0 unspecified atom stereocenters. The van der Waals surface area contributed by atoms with Crippen LogP contribution in [0.15, 0.2) is 0 Å². The van der Waals surface area contributed by atoms with Crippen LogP contribution in [0.2, 0.25) is 0 Å². The van der Waals surface area contributed by atoms with E-state index in [9.17, 15) is 19.2 Å². The van der Waals surface area contributed by atoms with Crippen LogP contribution in [-0.2, 0) is 19.1 Å². The normalized spacial score (nSPS) is 17.2. The predicted octanol–water partition coefficient (Wildman–Crippen LogP) is 7.71. The number of carbonyl (C=O) groups excluding carboxylic acids is 3. The molecule has 2 atom stereocenters. The van der Waals surface area contributed by atoms with Gasteiger partial charge in [-0.2, -0.15) is 0 Å². The van der Waals surface area contributed by atoms with Crippen molar-refractivity contribution in [2.24, 2.45) is 17.8 Å². The molecule has 11 heteroatoms. The summed E-state index contributed by atoms with van der Waals surface area (Å²) in [6.45, 7) is 18.7. The molecule has 0 bridgehead atoms. The van der Waals surface area contributed by atoms with Gasteiger partial charge < -0.3 is 34.2 Å². The van der Waals surface area contributed by atoms with Crippen molar-refractivity contribution in [3.05, 3.63) is 0 Å². The van der Waals surface area contributed by atoms with E-state index in [1.165, 1.54) is 95.2 Å². The molecule has 2 aliphatic carbocycles. The summed E-state index contributed by atoms with van der Waals surface area (Å²) in [6, 6.07) is 0. The summed E-state index contributed by atoms with van der Waals surface area (Å²) in [6.07, 6.45) is 29.0. The highest BCUT2D eigenvalue weighted by atomic mass is 16.6. The zero-order chi connectivity index (χ0) is 55.7. The second kappa shape index (κ2) is 38.3. The highest BCUT2D eigenvalue weighted by Crippen LogP contribution is 2.27. The van der Waals surface area contributed by atoms with Gasteiger partial charge in [-0.25, -0.2) is 9.59 Å². The highest BCUT2D eigenvalue weighted by Gasteiger charge is 2.36. The maximum absolute atomic E-state index is 12.2. The van der Waals surface area contributed by atoms with Gasteiger partial charge in [-0.15, -0.1) is 12.8 Å². The van der Waals surface area contributed by atoms with Crippen LogP contribution in [0.3, 0.4) is 0 Å². The van der Waals surface area contributed by atoms with Gasteiger partial charge in [0, 0.05) is 93.2 Å². The fourth-order valence-corrected chi connectivity index (χ4v) is 8.21. The fourth-order valence-electron chi connectivity index (χ4n) is 8.21. The highest BCUT2D eigenvalue weighted by molar-refractivity contribution is 5.81. The Balaban J connectivity index is 0.000000347. The first kappa shape index (κ1) is 63.8. The quantitative estimate of drug-likeness (QED) is 0.285. The Morgan fingerprint density at radius 3 is 1.05 bits per heavy atom. The van der Waals surface area contributed by atoms with Gasteiger partial charge in [-0.1, -0.05) is 44.9 Å². The molecule has 2 saturated carbocycles. The third kappa shape index (κ3) is 32.0. The Hall–Kier alpha value is -8.28. The molecule has 0 radical (unpaired) electrons. The zero-order valence-electron chi connectivity index (χ0n) is 45.5. The number of nitrogens with zero attached hydrogens (tertiary/aromatic N) is 4. The van der Waals surface area contributed by atoms with Gasteiger partial charge in [0.1, 0.15) is 11.2 Å². The number of hydrogen-bond acceptors (Lipinski definition) is 7. The van der Waals surface area contributed by atoms with E-state index >= 15 is 0 Å². The number of amides is 3. The summed E-state index contributed by atoms with van der Waals surface area (Å²) in [5, 5.41) is 8.77. The first-order chi connectivity index (χ1) is 36.5. The van der Waals surface area contributed by atoms with E-state index in [0.717, 1.165) is 38.3 Å². The maximum atomic E-state index is 12.2. The summed E-state index contributed by atoms with van der Waals surface area (Å²) in [7, 11) is 0. The summed E-state index contributed by atoms with van der Waals surface area (Å²) in [4.78, 5) is 54.1. The Morgan fingerprint density at radius 2 is 0.737 bits per heavy atom. The molecule has 0 aromatic carbocycles. The minimum absolute atomic E-state index is 0.0365. The molecular weight excluding hydrogens is 949 g/mol. The molecule has 3 amide bonds. The van der Waals surface area contributed by atoms with Gasteiger partial charge in [-0.3, -0.25) is 9.59 Å². The van der Waals surface area contributed by atoms with Crippen molar-refractivity contribution in [1.82, 2.24) is 19.6 Å². The van der Waals surface area contributed by atoms with Crippen molar-refractivity contribution >= 4 is 24.1 Å². The third-order valence-electron chi connectivity index (χ3n) is 11.7. The number of likely N-dealkylation sites (tertiary alicyclic amines) is 4. The topological polar surface area (TPSA) is 120 Å². The molecule has 0 spiro atoms. The van der Waals surface area contributed by atoms with E-state index in [1.54, 1.807) is 25.7 Å². The van der Waals surface area contributed by atoms with Crippen molar-refractivity contribution in [3.8, 4) is 155 Å². The van der Waals surface area contributed by atoms with Gasteiger partial charge in [0.05, 0.1) is 11.8 Å². The first-order valence-corrected chi connectivity index (χ1v) is 26.1. The Bertz CT molecular complexity index is 2640. The number of carbonyl (C=O) groups is 4. The van der Waals surface area contributed by atoms with E-state index in [2.05, 4.69) is 147 Å². The lowest BCUT2D eigenvalue weighted by Crippen LogP contribution is -2.38. The fraction of sp³-hybridized carbons (Fsp3) is 0.538. The average Bonchev–Trinajstić information content (AvgIpc) is 4.24. The number of hydrogen-bond donors (Lipinski definition) is 1. The minimum Gasteiger partial charge on any atom is -0.481 e. The Labute approximate surface area is 456 Å². The van der Waals surface area contributed by atoms with Gasteiger partial charge in [0.2, 0.25) is 5.91 Å². The smallest absolute Gasteiger partial charge is 0.410 e. The van der Waals surface area contributed by atoms with Crippen LogP contribution in [0.5, 0.6) is 0 Å². The predicted molar refractivity (Wildman–Crippen MR) is 299 cm³/mol. The van der Waals surface area contributed by atoms with Crippen LogP contribution in [0, 0.1) is 173 Å². The van der Waals surface area contributed by atoms with E-state index in [-0.39, 0.29) is 24.5 Å². The van der Waals surface area contributed by atoms with Crippen LogP contribution in [0.4, 0.5) is 9.59 Å². The van der Waals surface area contributed by atoms with Gasteiger partial charge in [0.15, 0.2) is 0 Å². The summed E-state index contributed by atoms with van der Waals surface area (Å²) < 4.78 is 10.5. The lowest BCUT2D eigenvalue weighted by atomic mass is 10.1. The number of carboxylic acids is 1. The van der Waals surface area contributed by atoms with Crippen molar-refractivity contribution in [2.45, 2.75) is 149 Å². The van der Waals surface area contributed by atoms with Crippen molar-refractivity contribution < 1.29 is 33.8 Å². The molecule has 4 heterocycles. The number of carboxylic acid groups (broad SMARTS) is 1. The Morgan fingerprint density at radius 1 is 0.421 bits per heavy atom. The molecule has 1 N–H and O–H groups in total. The Kier molecular flexibility index (Phi) is 32.2. The van der Waals surface area contributed by atoms with Crippen molar-refractivity contribution in [3.63, 3.8) is 0 Å².